The summed E-state index contributed by atoms with van der Waals surface area (Å²) in [5.41, 5.74) is 1.89. The highest BCUT2D eigenvalue weighted by Gasteiger charge is 2.21. The number of halogens is 1. The van der Waals surface area contributed by atoms with Gasteiger partial charge >= 0.3 is 6.01 Å². The maximum Gasteiger partial charge on any atom is 0.316 e. The van der Waals surface area contributed by atoms with Crippen molar-refractivity contribution in [2.45, 2.75) is 78.1 Å². The molecule has 170 valence electrons. The van der Waals surface area contributed by atoms with E-state index >= 15 is 0 Å². The van der Waals surface area contributed by atoms with Crippen molar-refractivity contribution in [3.63, 3.8) is 0 Å². The van der Waals surface area contributed by atoms with Gasteiger partial charge in [-0.25, -0.2) is 9.97 Å². The van der Waals surface area contributed by atoms with Gasteiger partial charge in [-0.15, -0.1) is 0 Å². The van der Waals surface area contributed by atoms with Gasteiger partial charge in [0.05, 0.1) is 18.2 Å². The van der Waals surface area contributed by atoms with Crippen LogP contribution in [-0.2, 0) is 0 Å². The molecule has 0 spiro atoms. The van der Waals surface area contributed by atoms with Crippen LogP contribution in [0.2, 0.25) is 5.02 Å². The van der Waals surface area contributed by atoms with Crippen LogP contribution >= 0.6 is 11.6 Å². The van der Waals surface area contributed by atoms with Crippen LogP contribution in [0.25, 0.3) is 11.1 Å². The van der Waals surface area contributed by atoms with Crippen molar-refractivity contribution >= 4 is 11.6 Å². The number of benzene rings is 1. The zero-order valence-electron chi connectivity index (χ0n) is 19.1. The lowest BCUT2D eigenvalue weighted by atomic mass is 9.80. The molecule has 5 heteroatoms. The number of nitrogens with zero attached hydrogens (tertiary/aromatic N) is 2. The molecule has 0 aliphatic heterocycles. The third-order valence-electron chi connectivity index (χ3n) is 6.28. The molecule has 0 N–H and O–H groups in total. The molecule has 1 fully saturated rings. The SMILES string of the molecule is CCCCC[C@H]1CC[C@H](COc2ncc(-c3ccc(OCCCC)c(Cl)c3)cn2)CC1. The maximum absolute atomic E-state index is 6.38. The van der Waals surface area contributed by atoms with E-state index in [0.29, 0.717) is 23.6 Å². The lowest BCUT2D eigenvalue weighted by molar-refractivity contribution is 0.169. The van der Waals surface area contributed by atoms with Crippen LogP contribution in [0.1, 0.15) is 78.1 Å². The van der Waals surface area contributed by atoms with Crippen LogP contribution < -0.4 is 9.47 Å². The summed E-state index contributed by atoms with van der Waals surface area (Å²) in [6.45, 7) is 5.82. The Hall–Kier alpha value is -1.81. The van der Waals surface area contributed by atoms with Gasteiger partial charge in [-0.3, -0.25) is 0 Å². The molecule has 1 aromatic heterocycles. The fourth-order valence-electron chi connectivity index (χ4n) is 4.23. The van der Waals surface area contributed by atoms with Gasteiger partial charge in [0, 0.05) is 18.0 Å². The number of rotatable bonds is 12. The van der Waals surface area contributed by atoms with Crippen molar-refractivity contribution in [3.8, 4) is 22.9 Å². The van der Waals surface area contributed by atoms with E-state index in [2.05, 4.69) is 23.8 Å². The first kappa shape index (κ1) is 23.8. The average Bonchev–Trinajstić information content (AvgIpc) is 2.80. The van der Waals surface area contributed by atoms with Crippen molar-refractivity contribution in [2.75, 3.05) is 13.2 Å². The molecule has 0 amide bonds. The second-order valence-corrected chi connectivity index (χ2v) is 9.20. The van der Waals surface area contributed by atoms with Crippen molar-refractivity contribution in [1.29, 1.82) is 0 Å². The number of aromatic nitrogens is 2. The Bertz CT molecular complexity index is 773. The summed E-state index contributed by atoms with van der Waals surface area (Å²) in [5, 5.41) is 0.610. The van der Waals surface area contributed by atoms with Crippen molar-refractivity contribution < 1.29 is 9.47 Å². The number of hydrogen-bond donors (Lipinski definition) is 0. The first-order valence-electron chi connectivity index (χ1n) is 12.1. The van der Waals surface area contributed by atoms with E-state index in [4.69, 9.17) is 21.1 Å². The van der Waals surface area contributed by atoms with Crippen LogP contribution in [0, 0.1) is 11.8 Å². The maximum atomic E-state index is 6.38. The molecule has 0 unspecified atom stereocenters. The average molecular weight is 445 g/mol. The Morgan fingerprint density at radius 2 is 1.58 bits per heavy atom. The van der Waals surface area contributed by atoms with Crippen LogP contribution in [0.4, 0.5) is 0 Å². The molecule has 0 bridgehead atoms. The third kappa shape index (κ3) is 7.68. The highest BCUT2D eigenvalue weighted by molar-refractivity contribution is 6.32. The Labute approximate surface area is 192 Å². The minimum absolute atomic E-state index is 0.458. The van der Waals surface area contributed by atoms with Gasteiger partial charge in [-0.05, 0) is 48.8 Å². The van der Waals surface area contributed by atoms with Gasteiger partial charge in [0.15, 0.2) is 0 Å². The summed E-state index contributed by atoms with van der Waals surface area (Å²) in [6, 6.07) is 6.27. The van der Waals surface area contributed by atoms with Gasteiger partial charge in [0.1, 0.15) is 5.75 Å². The first-order valence-corrected chi connectivity index (χ1v) is 12.4. The normalized spacial score (nSPS) is 18.7. The van der Waals surface area contributed by atoms with Gasteiger partial charge in [0.25, 0.3) is 0 Å². The van der Waals surface area contributed by atoms with E-state index in [1.807, 2.05) is 18.2 Å². The minimum atomic E-state index is 0.458. The van der Waals surface area contributed by atoms with E-state index < -0.39 is 0 Å². The van der Waals surface area contributed by atoms with Crippen molar-refractivity contribution in [3.05, 3.63) is 35.6 Å². The number of ether oxygens (including phenoxy) is 2. The first-order chi connectivity index (χ1) is 15.2. The van der Waals surface area contributed by atoms with E-state index in [-0.39, 0.29) is 0 Å². The predicted molar refractivity (Wildman–Crippen MR) is 128 cm³/mol. The van der Waals surface area contributed by atoms with Gasteiger partial charge in [-0.2, -0.15) is 0 Å². The van der Waals surface area contributed by atoms with Crippen molar-refractivity contribution in [1.82, 2.24) is 9.97 Å². The van der Waals surface area contributed by atoms with Crippen LogP contribution in [0.5, 0.6) is 11.8 Å². The molecule has 0 radical (unpaired) electrons. The highest BCUT2D eigenvalue weighted by Crippen LogP contribution is 2.33. The quantitative estimate of drug-likeness (QED) is 0.314. The highest BCUT2D eigenvalue weighted by atomic mass is 35.5. The topological polar surface area (TPSA) is 44.2 Å². The van der Waals surface area contributed by atoms with Gasteiger partial charge in [-0.1, -0.05) is 76.5 Å². The molecule has 3 rings (SSSR count). The molecule has 1 heterocycles. The molecular formula is C26H37ClN2O2. The summed E-state index contributed by atoms with van der Waals surface area (Å²) < 4.78 is 11.6. The minimum Gasteiger partial charge on any atom is -0.492 e. The van der Waals surface area contributed by atoms with Gasteiger partial charge in [0.2, 0.25) is 0 Å². The third-order valence-corrected chi connectivity index (χ3v) is 6.57. The second kappa shape index (κ2) is 12.9. The van der Waals surface area contributed by atoms with Crippen LogP contribution in [0.15, 0.2) is 30.6 Å². The van der Waals surface area contributed by atoms with Crippen LogP contribution in [-0.4, -0.2) is 23.2 Å². The summed E-state index contributed by atoms with van der Waals surface area (Å²) >= 11 is 6.38. The summed E-state index contributed by atoms with van der Waals surface area (Å²) in [4.78, 5) is 8.82. The molecule has 2 aromatic rings. The molecular weight excluding hydrogens is 408 g/mol. The summed E-state index contributed by atoms with van der Waals surface area (Å²) in [7, 11) is 0. The molecule has 31 heavy (non-hydrogen) atoms. The Morgan fingerprint density at radius 3 is 2.26 bits per heavy atom. The number of unbranched alkanes of at least 4 members (excludes halogenated alkanes) is 3. The zero-order chi connectivity index (χ0) is 21.9. The van der Waals surface area contributed by atoms with E-state index in [1.54, 1.807) is 12.4 Å². The van der Waals surface area contributed by atoms with E-state index in [1.165, 1.54) is 51.4 Å². The standard InChI is InChI=1S/C26H37ClN2O2/c1-3-5-7-8-20-9-11-21(12-10-20)19-31-26-28-17-23(18-29-26)22-13-14-25(24(27)16-22)30-15-6-4-2/h13-14,16-18,20-21H,3-12,15,19H2,1-2H3/t20-,21-. The zero-order valence-corrected chi connectivity index (χ0v) is 19.9. The Kier molecular flexibility index (Phi) is 9.92. The van der Waals surface area contributed by atoms with E-state index in [9.17, 15) is 0 Å². The number of hydrogen-bond acceptors (Lipinski definition) is 4. The monoisotopic (exact) mass is 444 g/mol. The molecule has 0 saturated heterocycles. The summed E-state index contributed by atoms with van der Waals surface area (Å²) in [6.07, 6.45) is 16.4. The molecule has 1 saturated carbocycles. The van der Waals surface area contributed by atoms with Crippen molar-refractivity contribution in [2.24, 2.45) is 11.8 Å². The summed E-state index contributed by atoms with van der Waals surface area (Å²) in [5.74, 6) is 2.28. The fourth-order valence-corrected chi connectivity index (χ4v) is 4.46. The lowest BCUT2D eigenvalue weighted by Gasteiger charge is -2.28. The fraction of sp³-hybridized carbons (Fsp3) is 0.615. The van der Waals surface area contributed by atoms with E-state index in [0.717, 1.165) is 42.2 Å². The molecule has 1 aromatic carbocycles. The molecule has 4 nitrogen and oxygen atoms in total. The largest absolute Gasteiger partial charge is 0.492 e. The molecule has 1 aliphatic carbocycles. The Morgan fingerprint density at radius 1 is 0.871 bits per heavy atom. The Balaban J connectivity index is 1.45. The van der Waals surface area contributed by atoms with Crippen LogP contribution in [0.3, 0.4) is 0 Å². The molecule has 1 aliphatic rings. The lowest BCUT2D eigenvalue weighted by Crippen LogP contribution is -2.20. The smallest absolute Gasteiger partial charge is 0.316 e. The predicted octanol–water partition coefficient (Wildman–Crippen LogP) is 7.74. The second-order valence-electron chi connectivity index (χ2n) is 8.80. The molecule has 0 atom stereocenters. The van der Waals surface area contributed by atoms with Gasteiger partial charge < -0.3 is 9.47 Å².